The van der Waals surface area contributed by atoms with Crippen molar-refractivity contribution in [3.05, 3.63) is 70.1 Å². The first kappa shape index (κ1) is 12.9. The van der Waals surface area contributed by atoms with Crippen molar-refractivity contribution in [2.24, 2.45) is 0 Å². The molecule has 3 rings (SSSR count). The van der Waals surface area contributed by atoms with E-state index in [9.17, 15) is 4.39 Å². The molecular formula is C16H10BrFN2. The van der Waals surface area contributed by atoms with Gasteiger partial charge in [-0.15, -0.1) is 0 Å². The average Bonchev–Trinajstić information content (AvgIpc) is 2.80. The number of fused-ring (bicyclic) bond motifs is 1. The molecule has 0 spiro atoms. The molecular weight excluding hydrogens is 319 g/mol. The molecule has 0 amide bonds. The lowest BCUT2D eigenvalue weighted by molar-refractivity contribution is 0.623. The summed E-state index contributed by atoms with van der Waals surface area (Å²) < 4.78 is 16.2. The second-order valence-corrected chi connectivity index (χ2v) is 5.52. The lowest BCUT2D eigenvalue weighted by Crippen LogP contribution is -1.98. The molecule has 1 aromatic heterocycles. The first-order chi connectivity index (χ1) is 9.65. The molecule has 0 aliphatic carbocycles. The van der Waals surface area contributed by atoms with Crippen LogP contribution in [0.3, 0.4) is 0 Å². The van der Waals surface area contributed by atoms with Crippen LogP contribution in [-0.4, -0.2) is 4.57 Å². The summed E-state index contributed by atoms with van der Waals surface area (Å²) in [5.74, 6) is -0.252. The fourth-order valence-corrected chi connectivity index (χ4v) is 2.82. The van der Waals surface area contributed by atoms with Crippen molar-refractivity contribution < 1.29 is 4.39 Å². The Kier molecular flexibility index (Phi) is 3.29. The molecule has 3 aromatic rings. The molecule has 0 radical (unpaired) electrons. The Morgan fingerprint density at radius 3 is 2.75 bits per heavy atom. The van der Waals surface area contributed by atoms with E-state index in [0.29, 0.717) is 12.1 Å². The van der Waals surface area contributed by atoms with Gasteiger partial charge in [-0.05, 0) is 48.0 Å². The van der Waals surface area contributed by atoms with Crippen LogP contribution in [0, 0.1) is 17.1 Å². The maximum atomic E-state index is 13.4. The predicted octanol–water partition coefficient (Wildman–Crippen LogP) is 4.46. The van der Waals surface area contributed by atoms with Crippen LogP contribution < -0.4 is 0 Å². The van der Waals surface area contributed by atoms with Gasteiger partial charge in [-0.3, -0.25) is 0 Å². The van der Waals surface area contributed by atoms with Crippen molar-refractivity contribution in [2.75, 3.05) is 0 Å². The zero-order chi connectivity index (χ0) is 14.1. The van der Waals surface area contributed by atoms with Crippen LogP contribution >= 0.6 is 15.9 Å². The van der Waals surface area contributed by atoms with Gasteiger partial charge in [0.2, 0.25) is 0 Å². The van der Waals surface area contributed by atoms with Gasteiger partial charge < -0.3 is 4.57 Å². The molecule has 98 valence electrons. The van der Waals surface area contributed by atoms with Crippen LogP contribution in [0.5, 0.6) is 0 Å². The van der Waals surface area contributed by atoms with Crippen LogP contribution in [0.1, 0.15) is 11.1 Å². The van der Waals surface area contributed by atoms with Crippen molar-refractivity contribution in [3.63, 3.8) is 0 Å². The van der Waals surface area contributed by atoms with Crippen molar-refractivity contribution in [1.29, 1.82) is 5.26 Å². The quantitative estimate of drug-likeness (QED) is 0.682. The maximum absolute atomic E-state index is 13.4. The highest BCUT2D eigenvalue weighted by molar-refractivity contribution is 9.10. The molecule has 4 heteroatoms. The normalized spacial score (nSPS) is 10.7. The van der Waals surface area contributed by atoms with E-state index in [1.807, 2.05) is 35.0 Å². The zero-order valence-electron chi connectivity index (χ0n) is 10.5. The second kappa shape index (κ2) is 5.10. The van der Waals surface area contributed by atoms with E-state index in [1.54, 1.807) is 6.07 Å². The summed E-state index contributed by atoms with van der Waals surface area (Å²) in [6, 6.07) is 14.5. The van der Waals surface area contributed by atoms with Gasteiger partial charge in [0, 0.05) is 28.1 Å². The molecule has 0 aliphatic rings. The summed E-state index contributed by atoms with van der Waals surface area (Å²) >= 11 is 3.30. The van der Waals surface area contributed by atoms with Gasteiger partial charge in [0.15, 0.2) is 0 Å². The molecule has 1 heterocycles. The smallest absolute Gasteiger partial charge is 0.124 e. The maximum Gasteiger partial charge on any atom is 0.124 e. The molecule has 2 aromatic carbocycles. The monoisotopic (exact) mass is 328 g/mol. The van der Waals surface area contributed by atoms with E-state index >= 15 is 0 Å². The van der Waals surface area contributed by atoms with E-state index in [4.69, 9.17) is 5.26 Å². The molecule has 2 nitrogen and oxygen atoms in total. The first-order valence-electron chi connectivity index (χ1n) is 6.10. The number of nitriles is 1. The summed E-state index contributed by atoms with van der Waals surface area (Å²) in [5, 5.41) is 9.91. The fraction of sp³-hybridized carbons (Fsp3) is 0.0625. The van der Waals surface area contributed by atoms with Gasteiger partial charge in [0.25, 0.3) is 0 Å². The van der Waals surface area contributed by atoms with Crippen molar-refractivity contribution >= 4 is 26.8 Å². The average molecular weight is 329 g/mol. The number of hydrogen-bond acceptors (Lipinski definition) is 1. The summed E-state index contributed by atoms with van der Waals surface area (Å²) in [6.45, 7) is 0.589. The predicted molar refractivity (Wildman–Crippen MR) is 79.9 cm³/mol. The summed E-state index contributed by atoms with van der Waals surface area (Å²) in [4.78, 5) is 0. The van der Waals surface area contributed by atoms with Crippen LogP contribution in [0.4, 0.5) is 4.39 Å². The van der Waals surface area contributed by atoms with Gasteiger partial charge in [-0.2, -0.15) is 5.26 Å². The van der Waals surface area contributed by atoms with Gasteiger partial charge in [-0.25, -0.2) is 4.39 Å². The highest BCUT2D eigenvalue weighted by Gasteiger charge is 2.05. The number of hydrogen-bond donors (Lipinski definition) is 0. The minimum atomic E-state index is -0.252. The third kappa shape index (κ3) is 2.45. The van der Waals surface area contributed by atoms with E-state index in [1.165, 1.54) is 12.1 Å². The molecule has 0 bridgehead atoms. The molecule has 0 atom stereocenters. The van der Waals surface area contributed by atoms with Gasteiger partial charge in [-0.1, -0.05) is 15.9 Å². The number of aromatic nitrogens is 1. The lowest BCUT2D eigenvalue weighted by Gasteiger charge is -2.07. The fourth-order valence-electron chi connectivity index (χ4n) is 2.31. The Morgan fingerprint density at radius 2 is 2.00 bits per heavy atom. The summed E-state index contributed by atoms with van der Waals surface area (Å²) in [5.41, 5.74) is 2.56. The van der Waals surface area contributed by atoms with Crippen molar-refractivity contribution in [3.8, 4) is 6.07 Å². The molecule has 0 fully saturated rings. The number of nitrogens with zero attached hydrogens (tertiary/aromatic N) is 2. The van der Waals surface area contributed by atoms with Gasteiger partial charge in [0.1, 0.15) is 5.82 Å². The number of benzene rings is 2. The third-order valence-corrected chi connectivity index (χ3v) is 3.63. The first-order valence-corrected chi connectivity index (χ1v) is 6.89. The van der Waals surface area contributed by atoms with Crippen LogP contribution in [0.15, 0.2) is 53.1 Å². The number of rotatable bonds is 2. The molecule has 0 N–H and O–H groups in total. The van der Waals surface area contributed by atoms with Gasteiger partial charge >= 0.3 is 0 Å². The largest absolute Gasteiger partial charge is 0.343 e. The Bertz CT molecular complexity index is 810. The van der Waals surface area contributed by atoms with Gasteiger partial charge in [0.05, 0.1) is 11.6 Å². The number of halogens is 2. The standard InChI is InChI=1S/C16H10BrFN2/c17-14-6-12(7-15(18)8-14)10-20-4-3-13-5-11(9-19)1-2-16(13)20/h1-8H,10H2. The van der Waals surface area contributed by atoms with E-state index in [-0.39, 0.29) is 5.82 Å². The molecule has 0 saturated carbocycles. The minimum absolute atomic E-state index is 0.252. The van der Waals surface area contributed by atoms with Crippen LogP contribution in [0.25, 0.3) is 10.9 Å². The molecule has 0 aliphatic heterocycles. The Balaban J connectivity index is 2.01. The summed E-state index contributed by atoms with van der Waals surface area (Å²) in [7, 11) is 0. The Morgan fingerprint density at radius 1 is 1.15 bits per heavy atom. The highest BCUT2D eigenvalue weighted by atomic mass is 79.9. The topological polar surface area (TPSA) is 28.7 Å². The minimum Gasteiger partial charge on any atom is -0.343 e. The van der Waals surface area contributed by atoms with Crippen molar-refractivity contribution in [1.82, 2.24) is 4.57 Å². The highest BCUT2D eigenvalue weighted by Crippen LogP contribution is 2.21. The molecule has 0 saturated heterocycles. The van der Waals surface area contributed by atoms with E-state index in [2.05, 4.69) is 22.0 Å². The SMILES string of the molecule is N#Cc1ccc2c(ccn2Cc2cc(F)cc(Br)c2)c1. The van der Waals surface area contributed by atoms with Crippen LogP contribution in [-0.2, 0) is 6.54 Å². The molecule has 20 heavy (non-hydrogen) atoms. The van der Waals surface area contributed by atoms with E-state index in [0.717, 1.165) is 20.9 Å². The Labute approximate surface area is 124 Å². The molecule has 0 unspecified atom stereocenters. The third-order valence-electron chi connectivity index (χ3n) is 3.18. The van der Waals surface area contributed by atoms with Crippen LogP contribution in [0.2, 0.25) is 0 Å². The van der Waals surface area contributed by atoms with Crippen molar-refractivity contribution in [2.45, 2.75) is 6.54 Å². The lowest BCUT2D eigenvalue weighted by atomic mass is 10.2. The summed E-state index contributed by atoms with van der Waals surface area (Å²) in [6.07, 6.45) is 1.95. The Hall–Kier alpha value is -2.12. The van der Waals surface area contributed by atoms with E-state index < -0.39 is 0 Å². The zero-order valence-corrected chi connectivity index (χ0v) is 12.1. The second-order valence-electron chi connectivity index (χ2n) is 4.61.